The molecule has 0 aliphatic heterocycles. The number of rotatable bonds is 5. The molecule has 0 amide bonds. The van der Waals surface area contributed by atoms with Crippen molar-refractivity contribution in [3.63, 3.8) is 0 Å². The third-order valence-corrected chi connectivity index (χ3v) is 4.24. The van der Waals surface area contributed by atoms with E-state index in [0.29, 0.717) is 6.04 Å². The third kappa shape index (κ3) is 2.64. The zero-order valence-electron chi connectivity index (χ0n) is 12.2. The molecule has 1 N–H and O–H groups in total. The second kappa shape index (κ2) is 6.23. The van der Waals surface area contributed by atoms with E-state index < -0.39 is 0 Å². The highest BCUT2D eigenvalue weighted by atomic mass is 14.9. The summed E-state index contributed by atoms with van der Waals surface area (Å²) >= 11 is 0. The highest BCUT2D eigenvalue weighted by molar-refractivity contribution is 5.48. The average Bonchev–Trinajstić information content (AvgIpc) is 2.50. The highest BCUT2D eigenvalue weighted by Crippen LogP contribution is 2.34. The first kappa shape index (κ1) is 13.4. The smallest absolute Gasteiger partial charge is 0.0582 e. The van der Waals surface area contributed by atoms with Gasteiger partial charge in [0.1, 0.15) is 0 Å². The Hall–Kier alpha value is -1.60. The average molecular weight is 265 g/mol. The lowest BCUT2D eigenvalue weighted by Crippen LogP contribution is -2.28. The van der Waals surface area contributed by atoms with Crippen LogP contribution in [0, 0.1) is 0 Å². The molecule has 1 aliphatic rings. The lowest BCUT2D eigenvalue weighted by molar-refractivity contribution is 0.555. The van der Waals surface area contributed by atoms with Crippen LogP contribution in [-0.2, 0) is 6.42 Å². The molecule has 0 saturated carbocycles. The quantitative estimate of drug-likeness (QED) is 0.787. The van der Waals surface area contributed by atoms with Gasteiger partial charge < -0.3 is 5.32 Å². The predicted molar refractivity (Wildman–Crippen MR) is 85.1 cm³/mol. The minimum atomic E-state index is 0.369. The molecule has 0 saturated heterocycles. The van der Waals surface area contributed by atoms with Gasteiger partial charge in [0.05, 0.1) is 6.04 Å². The molecule has 0 heterocycles. The van der Waals surface area contributed by atoms with Crippen LogP contribution in [0.1, 0.15) is 54.5 Å². The third-order valence-electron chi connectivity index (χ3n) is 4.24. The number of fused-ring (bicyclic) bond motifs is 2. The first-order valence-electron chi connectivity index (χ1n) is 7.79. The van der Waals surface area contributed by atoms with Crippen LogP contribution in [0.25, 0.3) is 0 Å². The summed E-state index contributed by atoms with van der Waals surface area (Å²) in [4.78, 5) is 0. The molecule has 0 fully saturated rings. The topological polar surface area (TPSA) is 12.0 Å². The van der Waals surface area contributed by atoms with E-state index in [2.05, 4.69) is 60.8 Å². The van der Waals surface area contributed by atoms with Crippen molar-refractivity contribution in [1.29, 1.82) is 0 Å². The van der Waals surface area contributed by atoms with Crippen molar-refractivity contribution in [3.8, 4) is 0 Å². The van der Waals surface area contributed by atoms with Gasteiger partial charge in [-0.15, -0.1) is 0 Å². The molecule has 3 rings (SSSR count). The van der Waals surface area contributed by atoms with Crippen LogP contribution in [-0.4, -0.2) is 6.54 Å². The van der Waals surface area contributed by atoms with Gasteiger partial charge in [-0.25, -0.2) is 0 Å². The van der Waals surface area contributed by atoms with E-state index in [9.17, 15) is 0 Å². The van der Waals surface area contributed by atoms with E-state index in [-0.39, 0.29) is 0 Å². The Kier molecular flexibility index (Phi) is 4.17. The molecule has 1 nitrogen and oxygen atoms in total. The summed E-state index contributed by atoms with van der Waals surface area (Å²) in [5.41, 5.74) is 5.86. The van der Waals surface area contributed by atoms with Crippen LogP contribution in [0.3, 0.4) is 0 Å². The van der Waals surface area contributed by atoms with E-state index in [4.69, 9.17) is 0 Å². The van der Waals surface area contributed by atoms with Crippen LogP contribution in [0.2, 0.25) is 0 Å². The molecule has 104 valence electrons. The van der Waals surface area contributed by atoms with Crippen molar-refractivity contribution in [2.45, 2.75) is 38.6 Å². The van der Waals surface area contributed by atoms with Crippen LogP contribution >= 0.6 is 0 Å². The normalized spacial score (nSPS) is 13.8. The Morgan fingerprint density at radius 2 is 1.50 bits per heavy atom. The summed E-state index contributed by atoms with van der Waals surface area (Å²) in [5, 5.41) is 3.77. The fraction of sp³-hybridized carbons (Fsp3) is 0.368. The van der Waals surface area contributed by atoms with Crippen molar-refractivity contribution in [3.05, 3.63) is 70.8 Å². The number of benzene rings is 2. The molecule has 0 bridgehead atoms. The summed E-state index contributed by atoms with van der Waals surface area (Å²) < 4.78 is 0. The van der Waals surface area contributed by atoms with E-state index >= 15 is 0 Å². The van der Waals surface area contributed by atoms with Crippen molar-refractivity contribution in [1.82, 2.24) is 5.32 Å². The van der Waals surface area contributed by atoms with Gasteiger partial charge in [0, 0.05) is 0 Å². The Bertz CT molecular complexity index is 528. The maximum atomic E-state index is 3.77. The standard InChI is InChI=1S/C19H23N/c1-2-3-8-13-20-19-17-11-6-4-9-15(17)14-16-10-5-7-12-18(16)19/h4-7,9-12,19-20H,2-3,8,13-14H2,1H3. The molecule has 0 spiro atoms. The van der Waals surface area contributed by atoms with Gasteiger partial charge in [-0.3, -0.25) is 0 Å². The molecular weight excluding hydrogens is 242 g/mol. The highest BCUT2D eigenvalue weighted by Gasteiger charge is 2.23. The molecule has 0 unspecified atom stereocenters. The number of unbranched alkanes of at least 4 members (excludes halogenated alkanes) is 2. The summed E-state index contributed by atoms with van der Waals surface area (Å²) in [7, 11) is 0. The molecule has 1 aliphatic carbocycles. The zero-order valence-corrected chi connectivity index (χ0v) is 12.2. The van der Waals surface area contributed by atoms with Gasteiger partial charge in [0.2, 0.25) is 0 Å². The second-order valence-corrected chi connectivity index (χ2v) is 5.67. The molecule has 1 heteroatoms. The Morgan fingerprint density at radius 1 is 0.900 bits per heavy atom. The van der Waals surface area contributed by atoms with Gasteiger partial charge in [0.25, 0.3) is 0 Å². The first-order chi connectivity index (χ1) is 9.90. The lowest BCUT2D eigenvalue weighted by Gasteiger charge is -2.29. The maximum absolute atomic E-state index is 3.77. The van der Waals surface area contributed by atoms with Crippen molar-refractivity contribution in [2.24, 2.45) is 0 Å². The van der Waals surface area contributed by atoms with E-state index in [1.165, 1.54) is 41.5 Å². The van der Waals surface area contributed by atoms with Crippen molar-refractivity contribution >= 4 is 0 Å². The molecule has 0 radical (unpaired) electrons. The van der Waals surface area contributed by atoms with Crippen LogP contribution in [0.5, 0.6) is 0 Å². The molecule has 0 aromatic heterocycles. The second-order valence-electron chi connectivity index (χ2n) is 5.67. The van der Waals surface area contributed by atoms with Gasteiger partial charge in [-0.05, 0) is 41.6 Å². The number of nitrogens with one attached hydrogen (secondary N) is 1. The lowest BCUT2D eigenvalue weighted by atomic mass is 9.82. The first-order valence-corrected chi connectivity index (χ1v) is 7.79. The fourth-order valence-corrected chi connectivity index (χ4v) is 3.17. The van der Waals surface area contributed by atoms with Gasteiger partial charge in [0.15, 0.2) is 0 Å². The van der Waals surface area contributed by atoms with Crippen molar-refractivity contribution in [2.75, 3.05) is 6.54 Å². The zero-order chi connectivity index (χ0) is 13.8. The molecule has 2 aromatic carbocycles. The molecule has 0 atom stereocenters. The molecular formula is C19H23N. The summed E-state index contributed by atoms with van der Waals surface area (Å²) in [6.07, 6.45) is 4.92. The number of hydrogen-bond donors (Lipinski definition) is 1. The molecule has 20 heavy (non-hydrogen) atoms. The summed E-state index contributed by atoms with van der Waals surface area (Å²) in [6.45, 7) is 3.35. The predicted octanol–water partition coefficient (Wildman–Crippen LogP) is 4.46. The summed E-state index contributed by atoms with van der Waals surface area (Å²) in [5.74, 6) is 0. The van der Waals surface area contributed by atoms with Gasteiger partial charge in [-0.2, -0.15) is 0 Å². The van der Waals surface area contributed by atoms with Gasteiger partial charge in [-0.1, -0.05) is 68.3 Å². The number of hydrogen-bond acceptors (Lipinski definition) is 1. The Labute approximate surface area is 122 Å². The largest absolute Gasteiger partial charge is 0.306 e. The SMILES string of the molecule is CCCCCNC1c2ccccc2Cc2ccccc21. The van der Waals surface area contributed by atoms with E-state index in [1.54, 1.807) is 0 Å². The van der Waals surface area contributed by atoms with E-state index in [0.717, 1.165) is 13.0 Å². The van der Waals surface area contributed by atoms with Gasteiger partial charge >= 0.3 is 0 Å². The monoisotopic (exact) mass is 265 g/mol. The fourth-order valence-electron chi connectivity index (χ4n) is 3.17. The van der Waals surface area contributed by atoms with Crippen molar-refractivity contribution < 1.29 is 0 Å². The van der Waals surface area contributed by atoms with Crippen LogP contribution in [0.15, 0.2) is 48.5 Å². The van der Waals surface area contributed by atoms with Crippen LogP contribution < -0.4 is 5.32 Å². The maximum Gasteiger partial charge on any atom is 0.0582 e. The van der Waals surface area contributed by atoms with Crippen LogP contribution in [0.4, 0.5) is 0 Å². The Morgan fingerprint density at radius 3 is 2.10 bits per heavy atom. The molecule has 2 aromatic rings. The van der Waals surface area contributed by atoms with E-state index in [1.807, 2.05) is 0 Å². The minimum Gasteiger partial charge on any atom is -0.306 e. The summed E-state index contributed by atoms with van der Waals surface area (Å²) in [6, 6.07) is 18.1. The minimum absolute atomic E-state index is 0.369. The Balaban J connectivity index is 1.87.